The van der Waals surface area contributed by atoms with Gasteiger partial charge in [0.05, 0.1) is 7.11 Å². The fraction of sp³-hybridized carbons (Fsp3) is 0.600. The third-order valence-corrected chi connectivity index (χ3v) is 3.68. The minimum atomic E-state index is 0.00837. The molecular weight excluding hydrogens is 210 g/mol. The van der Waals surface area contributed by atoms with Crippen LogP contribution in [0.2, 0.25) is 0 Å². The molecule has 0 aromatic heterocycles. The Bertz CT molecular complexity index is 404. The molecule has 17 heavy (non-hydrogen) atoms. The average molecular weight is 233 g/mol. The van der Waals surface area contributed by atoms with Crippen molar-refractivity contribution in [1.82, 2.24) is 5.32 Å². The zero-order valence-corrected chi connectivity index (χ0v) is 11.6. The molecule has 0 bridgehead atoms. The van der Waals surface area contributed by atoms with E-state index in [1.165, 1.54) is 16.7 Å². The third kappa shape index (κ3) is 2.19. The molecule has 0 unspecified atom stereocenters. The molecule has 0 saturated heterocycles. The van der Waals surface area contributed by atoms with Crippen LogP contribution in [0.25, 0.3) is 0 Å². The van der Waals surface area contributed by atoms with E-state index in [1.54, 1.807) is 7.11 Å². The van der Waals surface area contributed by atoms with E-state index in [0.29, 0.717) is 5.92 Å². The number of ether oxygens (including phenoxy) is 1. The second-order valence-corrected chi connectivity index (χ2v) is 5.71. The largest absolute Gasteiger partial charge is 0.496 e. The van der Waals surface area contributed by atoms with Crippen LogP contribution in [0.5, 0.6) is 5.75 Å². The van der Waals surface area contributed by atoms with Gasteiger partial charge in [-0.2, -0.15) is 0 Å². The SMILES string of the molecule is COc1cc(C(C)C)cc2c1C(C)(C)NCC2. The number of rotatable bonds is 2. The van der Waals surface area contributed by atoms with E-state index in [2.05, 4.69) is 45.1 Å². The zero-order valence-electron chi connectivity index (χ0n) is 11.6. The molecule has 0 aliphatic carbocycles. The van der Waals surface area contributed by atoms with E-state index in [9.17, 15) is 0 Å². The lowest BCUT2D eigenvalue weighted by Gasteiger charge is -2.35. The summed E-state index contributed by atoms with van der Waals surface area (Å²) in [5.74, 6) is 1.58. The number of hydrogen-bond donors (Lipinski definition) is 1. The van der Waals surface area contributed by atoms with Crippen molar-refractivity contribution in [1.29, 1.82) is 0 Å². The molecule has 2 rings (SSSR count). The molecule has 1 N–H and O–H groups in total. The maximum Gasteiger partial charge on any atom is 0.124 e. The Morgan fingerprint density at radius 3 is 2.59 bits per heavy atom. The molecule has 0 spiro atoms. The molecule has 2 heteroatoms. The predicted molar refractivity (Wildman–Crippen MR) is 71.8 cm³/mol. The molecule has 0 radical (unpaired) electrons. The van der Waals surface area contributed by atoms with Crippen molar-refractivity contribution < 1.29 is 4.74 Å². The predicted octanol–water partition coefficient (Wildman–Crippen LogP) is 3.20. The molecule has 1 aromatic carbocycles. The lowest BCUT2D eigenvalue weighted by molar-refractivity contribution is 0.344. The van der Waals surface area contributed by atoms with Gasteiger partial charge in [-0.3, -0.25) is 0 Å². The van der Waals surface area contributed by atoms with Crippen molar-refractivity contribution in [3.8, 4) is 5.75 Å². The van der Waals surface area contributed by atoms with Crippen molar-refractivity contribution in [2.45, 2.75) is 45.6 Å². The summed E-state index contributed by atoms with van der Waals surface area (Å²) < 4.78 is 5.60. The molecule has 1 aliphatic heterocycles. The van der Waals surface area contributed by atoms with Gasteiger partial charge in [0, 0.05) is 11.1 Å². The summed E-state index contributed by atoms with van der Waals surface area (Å²) in [6.45, 7) is 9.95. The number of methoxy groups -OCH3 is 1. The van der Waals surface area contributed by atoms with Crippen LogP contribution in [0.15, 0.2) is 12.1 Å². The highest BCUT2D eigenvalue weighted by Crippen LogP contribution is 2.38. The van der Waals surface area contributed by atoms with Gasteiger partial charge in [0.1, 0.15) is 5.75 Å². The zero-order chi connectivity index (χ0) is 12.6. The normalized spacial score (nSPS) is 18.0. The first-order valence-electron chi connectivity index (χ1n) is 6.42. The molecule has 0 atom stereocenters. The molecule has 0 saturated carbocycles. The van der Waals surface area contributed by atoms with Crippen molar-refractivity contribution in [3.05, 3.63) is 28.8 Å². The van der Waals surface area contributed by atoms with Gasteiger partial charge in [-0.15, -0.1) is 0 Å². The molecule has 0 fully saturated rings. The highest BCUT2D eigenvalue weighted by atomic mass is 16.5. The monoisotopic (exact) mass is 233 g/mol. The smallest absolute Gasteiger partial charge is 0.124 e. The molecule has 2 nitrogen and oxygen atoms in total. The van der Waals surface area contributed by atoms with Crippen molar-refractivity contribution >= 4 is 0 Å². The van der Waals surface area contributed by atoms with Crippen LogP contribution in [0.3, 0.4) is 0 Å². The average Bonchev–Trinajstić information content (AvgIpc) is 2.26. The summed E-state index contributed by atoms with van der Waals surface area (Å²) in [4.78, 5) is 0. The van der Waals surface area contributed by atoms with E-state index in [-0.39, 0.29) is 5.54 Å². The van der Waals surface area contributed by atoms with Gasteiger partial charge in [0.2, 0.25) is 0 Å². The summed E-state index contributed by atoms with van der Waals surface area (Å²) in [5, 5.41) is 3.56. The highest BCUT2D eigenvalue weighted by molar-refractivity contribution is 5.49. The van der Waals surface area contributed by atoms with Gasteiger partial charge < -0.3 is 10.1 Å². The van der Waals surface area contributed by atoms with E-state index in [1.807, 2.05) is 0 Å². The van der Waals surface area contributed by atoms with Crippen LogP contribution in [-0.4, -0.2) is 13.7 Å². The van der Waals surface area contributed by atoms with Crippen LogP contribution >= 0.6 is 0 Å². The summed E-state index contributed by atoms with van der Waals surface area (Å²) >= 11 is 0. The van der Waals surface area contributed by atoms with Gasteiger partial charge >= 0.3 is 0 Å². The maximum absolute atomic E-state index is 5.60. The molecule has 1 heterocycles. The van der Waals surface area contributed by atoms with Crippen LogP contribution < -0.4 is 10.1 Å². The standard InChI is InChI=1S/C15H23NO/c1-10(2)12-8-11-6-7-16-15(3,4)14(11)13(9-12)17-5/h8-10,16H,6-7H2,1-5H3. The molecule has 0 amide bonds. The van der Waals surface area contributed by atoms with Crippen molar-refractivity contribution in [3.63, 3.8) is 0 Å². The number of benzene rings is 1. The van der Waals surface area contributed by atoms with E-state index < -0.39 is 0 Å². The second-order valence-electron chi connectivity index (χ2n) is 5.71. The lowest BCUT2D eigenvalue weighted by Crippen LogP contribution is -2.42. The van der Waals surface area contributed by atoms with Gasteiger partial charge in [-0.25, -0.2) is 0 Å². The lowest BCUT2D eigenvalue weighted by atomic mass is 9.82. The van der Waals surface area contributed by atoms with Crippen molar-refractivity contribution in [2.24, 2.45) is 0 Å². The number of nitrogens with one attached hydrogen (secondary N) is 1. The fourth-order valence-electron chi connectivity index (χ4n) is 2.70. The second kappa shape index (κ2) is 4.34. The minimum absolute atomic E-state index is 0.00837. The Labute approximate surface area is 104 Å². The van der Waals surface area contributed by atoms with Crippen LogP contribution in [0.4, 0.5) is 0 Å². The highest BCUT2D eigenvalue weighted by Gasteiger charge is 2.30. The van der Waals surface area contributed by atoms with Crippen LogP contribution in [0.1, 0.15) is 50.3 Å². The number of hydrogen-bond acceptors (Lipinski definition) is 2. The topological polar surface area (TPSA) is 21.3 Å². The Kier molecular flexibility index (Phi) is 3.17. The first kappa shape index (κ1) is 12.4. The fourth-order valence-corrected chi connectivity index (χ4v) is 2.70. The molecule has 94 valence electrons. The van der Waals surface area contributed by atoms with Crippen LogP contribution in [-0.2, 0) is 12.0 Å². The first-order chi connectivity index (χ1) is 7.95. The Morgan fingerprint density at radius 1 is 1.29 bits per heavy atom. The van der Waals surface area contributed by atoms with Crippen LogP contribution in [0, 0.1) is 0 Å². The Morgan fingerprint density at radius 2 is 2.00 bits per heavy atom. The molecular formula is C15H23NO. The van der Waals surface area contributed by atoms with E-state index in [0.717, 1.165) is 18.7 Å². The van der Waals surface area contributed by atoms with E-state index >= 15 is 0 Å². The van der Waals surface area contributed by atoms with E-state index in [4.69, 9.17) is 4.74 Å². The Balaban J connectivity index is 2.60. The maximum atomic E-state index is 5.60. The van der Waals surface area contributed by atoms with Gasteiger partial charge in [-0.05, 0) is 49.9 Å². The first-order valence-corrected chi connectivity index (χ1v) is 6.42. The van der Waals surface area contributed by atoms with Gasteiger partial charge in [-0.1, -0.05) is 19.9 Å². The summed E-state index contributed by atoms with van der Waals surface area (Å²) in [6.07, 6.45) is 1.09. The van der Waals surface area contributed by atoms with Gasteiger partial charge in [0.25, 0.3) is 0 Å². The number of fused-ring (bicyclic) bond motifs is 1. The third-order valence-electron chi connectivity index (χ3n) is 3.68. The Hall–Kier alpha value is -1.02. The van der Waals surface area contributed by atoms with Crippen molar-refractivity contribution in [2.75, 3.05) is 13.7 Å². The molecule has 1 aromatic rings. The quantitative estimate of drug-likeness (QED) is 0.847. The summed E-state index contributed by atoms with van der Waals surface area (Å²) in [6, 6.07) is 4.54. The summed E-state index contributed by atoms with van der Waals surface area (Å²) in [5.41, 5.74) is 4.15. The minimum Gasteiger partial charge on any atom is -0.496 e. The molecule has 1 aliphatic rings. The van der Waals surface area contributed by atoms with Gasteiger partial charge in [0.15, 0.2) is 0 Å². The summed E-state index contributed by atoms with van der Waals surface area (Å²) in [7, 11) is 1.77.